The monoisotopic (exact) mass is 736 g/mol. The molecule has 3 aliphatic rings. The lowest BCUT2D eigenvalue weighted by Crippen LogP contribution is -2.37. The summed E-state index contributed by atoms with van der Waals surface area (Å²) < 4.78 is 6.78. The number of benzene rings is 6. The van der Waals surface area contributed by atoms with Crippen molar-refractivity contribution < 1.29 is 4.74 Å². The van der Waals surface area contributed by atoms with Gasteiger partial charge in [-0.2, -0.15) is 0 Å². The van der Waals surface area contributed by atoms with Crippen molar-refractivity contribution in [1.82, 2.24) is 15.4 Å². The van der Waals surface area contributed by atoms with Gasteiger partial charge in [0.15, 0.2) is 12.1 Å². The van der Waals surface area contributed by atoms with E-state index in [4.69, 9.17) is 19.8 Å². The van der Waals surface area contributed by atoms with Gasteiger partial charge in [0.2, 0.25) is 5.90 Å². The van der Waals surface area contributed by atoms with Crippen LogP contribution in [0.3, 0.4) is 0 Å². The Balaban J connectivity index is 1.04. The number of hydrazone groups is 1. The number of allylic oxidation sites excluding steroid dienone is 5. The van der Waals surface area contributed by atoms with E-state index >= 15 is 0 Å². The lowest BCUT2D eigenvalue weighted by atomic mass is 9.69. The van der Waals surface area contributed by atoms with E-state index in [2.05, 4.69) is 175 Å². The summed E-state index contributed by atoms with van der Waals surface area (Å²) in [5, 5.41) is 4.79. The van der Waals surface area contributed by atoms with Crippen LogP contribution in [0.15, 0.2) is 211 Å². The Kier molecular flexibility index (Phi) is 9.17. The third-order valence-corrected chi connectivity index (χ3v) is 11.3. The first kappa shape index (κ1) is 34.4. The van der Waals surface area contributed by atoms with Gasteiger partial charge in [0, 0.05) is 34.1 Å². The Hall–Kier alpha value is -7.11. The van der Waals surface area contributed by atoms with E-state index in [1.165, 1.54) is 16.7 Å². The summed E-state index contributed by atoms with van der Waals surface area (Å²) in [5.74, 6) is 1.70. The zero-order valence-corrected chi connectivity index (χ0v) is 31.3. The van der Waals surface area contributed by atoms with Crippen molar-refractivity contribution in [3.8, 4) is 56.2 Å². The molecule has 0 spiro atoms. The third-order valence-electron chi connectivity index (χ3n) is 11.3. The maximum absolute atomic E-state index is 6.78. The van der Waals surface area contributed by atoms with Gasteiger partial charge in [-0.1, -0.05) is 176 Å². The predicted octanol–water partition coefficient (Wildman–Crippen LogP) is 11.9. The van der Waals surface area contributed by atoms with Crippen LogP contribution in [-0.2, 0) is 4.74 Å². The molecular weight excluding hydrogens is 697 g/mol. The summed E-state index contributed by atoms with van der Waals surface area (Å²) in [6.45, 7) is 0. The molecule has 0 bridgehead atoms. The fourth-order valence-electron chi connectivity index (χ4n) is 8.44. The molecule has 7 aromatic rings. The lowest BCUT2D eigenvalue weighted by molar-refractivity contribution is 0.117. The van der Waals surface area contributed by atoms with Crippen LogP contribution >= 0.6 is 0 Å². The van der Waals surface area contributed by atoms with E-state index in [1.807, 2.05) is 30.3 Å². The molecule has 57 heavy (non-hydrogen) atoms. The molecule has 2 aliphatic carbocycles. The standard InChI is InChI=1S/C52H40N4O/c1-4-16-35(17-5-1)38-24-14-26-42(30-38)48-34-49(54-50(53-48)37-20-8-3-9-21-37)45-29-13-12-28-44(45)46-32-40-22-10-11-23-41(40)33-47(46)52-56-55-51(57-52)43-27-15-25-39(31-43)36-18-6-2-7-19-36/h1-31,33-34,40,46-47,52,56H,32H2. The van der Waals surface area contributed by atoms with Gasteiger partial charge in [0.05, 0.1) is 11.4 Å². The molecule has 1 N–H and O–H groups in total. The van der Waals surface area contributed by atoms with Gasteiger partial charge in [-0.25, -0.2) is 9.97 Å². The summed E-state index contributed by atoms with van der Waals surface area (Å²) in [6.07, 6.45) is 11.9. The number of nitrogens with zero attached hydrogens (tertiary/aromatic N) is 3. The summed E-state index contributed by atoms with van der Waals surface area (Å²) in [6, 6.07) is 59.2. The molecule has 5 nitrogen and oxygen atoms in total. The van der Waals surface area contributed by atoms with Gasteiger partial charge >= 0.3 is 0 Å². The molecule has 4 unspecified atom stereocenters. The maximum atomic E-state index is 6.78. The molecule has 10 rings (SSSR count). The second kappa shape index (κ2) is 15.2. The van der Waals surface area contributed by atoms with E-state index < -0.39 is 0 Å². The number of fused-ring (bicyclic) bond motifs is 1. The first-order valence-electron chi connectivity index (χ1n) is 19.7. The highest BCUT2D eigenvalue weighted by Crippen LogP contribution is 2.47. The van der Waals surface area contributed by atoms with Crippen LogP contribution in [-0.4, -0.2) is 22.1 Å². The zero-order valence-electron chi connectivity index (χ0n) is 31.3. The zero-order chi connectivity index (χ0) is 38.0. The first-order chi connectivity index (χ1) is 28.2. The minimum absolute atomic E-state index is 0.00967. The van der Waals surface area contributed by atoms with Gasteiger partial charge in [0.1, 0.15) is 0 Å². The van der Waals surface area contributed by atoms with Crippen LogP contribution in [0, 0.1) is 11.8 Å². The van der Waals surface area contributed by atoms with Crippen molar-refractivity contribution in [2.75, 3.05) is 0 Å². The topological polar surface area (TPSA) is 59.4 Å². The quantitative estimate of drug-likeness (QED) is 0.169. The van der Waals surface area contributed by atoms with Gasteiger partial charge in [-0.15, -0.1) is 5.10 Å². The number of hydrogen-bond donors (Lipinski definition) is 1. The number of aromatic nitrogens is 2. The average molecular weight is 737 g/mol. The highest BCUT2D eigenvalue weighted by atomic mass is 16.5. The summed E-state index contributed by atoms with van der Waals surface area (Å²) in [5.41, 5.74) is 16.4. The fraction of sp³-hybridized carbons (Fsp3) is 0.0962. The number of nitrogens with one attached hydrogen (secondary N) is 1. The SMILES string of the molecule is C1=CC2=CC(C3NN=C(c4cccc(-c5ccccc5)c4)O3)C(c3ccccc3-c3cc(-c4cccc(-c5ccccc5)c4)nc(-c4ccccc4)n3)CC2C=C1. The molecule has 4 atom stereocenters. The summed E-state index contributed by atoms with van der Waals surface area (Å²) >= 11 is 0. The van der Waals surface area contributed by atoms with E-state index in [-0.39, 0.29) is 18.1 Å². The van der Waals surface area contributed by atoms with Gasteiger partial charge in [0.25, 0.3) is 0 Å². The smallest absolute Gasteiger partial charge is 0.240 e. The van der Waals surface area contributed by atoms with Crippen molar-refractivity contribution in [3.63, 3.8) is 0 Å². The van der Waals surface area contributed by atoms with Gasteiger partial charge < -0.3 is 4.74 Å². The Labute approximate surface area is 333 Å². The Morgan fingerprint density at radius 3 is 1.86 bits per heavy atom. The molecule has 1 aliphatic heterocycles. The highest BCUT2D eigenvalue weighted by Gasteiger charge is 2.40. The molecule has 5 heteroatoms. The van der Waals surface area contributed by atoms with Crippen molar-refractivity contribution >= 4 is 5.90 Å². The van der Waals surface area contributed by atoms with Crippen LogP contribution < -0.4 is 5.43 Å². The van der Waals surface area contributed by atoms with Crippen molar-refractivity contribution in [2.45, 2.75) is 18.6 Å². The molecule has 0 fully saturated rings. The van der Waals surface area contributed by atoms with Gasteiger partial charge in [-0.3, -0.25) is 5.43 Å². The Morgan fingerprint density at radius 1 is 0.526 bits per heavy atom. The molecule has 0 saturated carbocycles. The molecule has 0 amide bonds. The second-order valence-corrected chi connectivity index (χ2v) is 14.8. The second-order valence-electron chi connectivity index (χ2n) is 14.8. The molecule has 6 aromatic carbocycles. The Morgan fingerprint density at radius 2 is 1.12 bits per heavy atom. The number of hydrogen-bond acceptors (Lipinski definition) is 5. The summed E-state index contributed by atoms with van der Waals surface area (Å²) in [7, 11) is 0. The van der Waals surface area contributed by atoms with E-state index in [9.17, 15) is 0 Å². The van der Waals surface area contributed by atoms with Crippen molar-refractivity contribution in [3.05, 3.63) is 217 Å². The summed E-state index contributed by atoms with van der Waals surface area (Å²) in [4.78, 5) is 10.5. The van der Waals surface area contributed by atoms with E-state index in [0.29, 0.717) is 17.6 Å². The lowest BCUT2D eigenvalue weighted by Gasteiger charge is -2.37. The highest BCUT2D eigenvalue weighted by molar-refractivity contribution is 5.96. The van der Waals surface area contributed by atoms with Crippen LogP contribution in [0.5, 0.6) is 0 Å². The number of ether oxygens (including phenoxy) is 1. The largest absolute Gasteiger partial charge is 0.450 e. The molecule has 2 heterocycles. The third kappa shape index (κ3) is 7.00. The predicted molar refractivity (Wildman–Crippen MR) is 231 cm³/mol. The van der Waals surface area contributed by atoms with Crippen LogP contribution in [0.25, 0.3) is 56.2 Å². The maximum Gasteiger partial charge on any atom is 0.240 e. The minimum Gasteiger partial charge on any atom is -0.450 e. The average Bonchev–Trinajstić information content (AvgIpc) is 3.80. The Bertz CT molecular complexity index is 2680. The minimum atomic E-state index is -0.354. The first-order valence-corrected chi connectivity index (χ1v) is 19.7. The molecule has 0 saturated heterocycles. The van der Waals surface area contributed by atoms with Crippen LogP contribution in [0.4, 0.5) is 0 Å². The molecule has 274 valence electrons. The molecule has 0 radical (unpaired) electrons. The van der Waals surface area contributed by atoms with E-state index in [0.717, 1.165) is 56.8 Å². The fourth-order valence-corrected chi connectivity index (χ4v) is 8.44. The van der Waals surface area contributed by atoms with E-state index in [1.54, 1.807) is 0 Å². The van der Waals surface area contributed by atoms with Crippen LogP contribution in [0.1, 0.15) is 23.5 Å². The van der Waals surface area contributed by atoms with Crippen LogP contribution in [0.2, 0.25) is 0 Å². The normalized spacial score (nSPS) is 19.5. The van der Waals surface area contributed by atoms with Gasteiger partial charge in [-0.05, 0) is 70.0 Å². The van der Waals surface area contributed by atoms with Crippen molar-refractivity contribution in [1.29, 1.82) is 0 Å². The number of rotatable bonds is 8. The molecule has 1 aromatic heterocycles. The van der Waals surface area contributed by atoms with Crippen molar-refractivity contribution in [2.24, 2.45) is 16.9 Å². The molecular formula is C52H40N4O.